The molecule has 1 amide bonds. The fourth-order valence-corrected chi connectivity index (χ4v) is 2.95. The van der Waals surface area contributed by atoms with Crippen molar-refractivity contribution < 1.29 is 13.2 Å². The van der Waals surface area contributed by atoms with Crippen LogP contribution in [0.3, 0.4) is 0 Å². The van der Waals surface area contributed by atoms with Crippen molar-refractivity contribution >= 4 is 21.6 Å². The molecule has 1 aliphatic rings. The van der Waals surface area contributed by atoms with Crippen molar-refractivity contribution in [3.8, 4) is 0 Å². The molecule has 0 aromatic heterocycles. The second-order valence-electron chi connectivity index (χ2n) is 5.43. The van der Waals surface area contributed by atoms with E-state index in [1.54, 1.807) is 18.2 Å². The highest BCUT2D eigenvalue weighted by Gasteiger charge is 2.18. The van der Waals surface area contributed by atoms with Gasteiger partial charge in [0.15, 0.2) is 0 Å². The molecule has 116 valence electrons. The number of hydrogen-bond acceptors (Lipinski definition) is 4. The Morgan fingerprint density at radius 1 is 1.43 bits per heavy atom. The first-order chi connectivity index (χ1) is 9.85. The van der Waals surface area contributed by atoms with E-state index in [0.29, 0.717) is 23.8 Å². The zero-order valence-corrected chi connectivity index (χ0v) is 13.1. The van der Waals surface area contributed by atoms with Gasteiger partial charge >= 0.3 is 0 Å². The average molecular weight is 311 g/mol. The summed E-state index contributed by atoms with van der Waals surface area (Å²) in [6, 6.07) is 5.36. The predicted octanol–water partition coefficient (Wildman–Crippen LogP) is 0.848. The minimum atomic E-state index is -3.42. The molecular weight excluding hydrogens is 290 g/mol. The normalized spacial score (nSPS) is 18.5. The van der Waals surface area contributed by atoms with Gasteiger partial charge in [-0.1, -0.05) is 11.6 Å². The summed E-state index contributed by atoms with van der Waals surface area (Å²) in [5, 5.41) is 6.16. The Labute approximate surface area is 125 Å². The first-order valence-electron chi connectivity index (χ1n) is 6.95. The molecule has 21 heavy (non-hydrogen) atoms. The van der Waals surface area contributed by atoms with Crippen LogP contribution >= 0.6 is 0 Å². The molecule has 2 rings (SSSR count). The lowest BCUT2D eigenvalue weighted by molar-refractivity contribution is 0.0951. The van der Waals surface area contributed by atoms with E-state index >= 15 is 0 Å². The molecule has 1 aromatic carbocycles. The van der Waals surface area contributed by atoms with Crippen LogP contribution in [-0.2, 0) is 10.0 Å². The third-order valence-electron chi connectivity index (χ3n) is 3.39. The van der Waals surface area contributed by atoms with Gasteiger partial charge in [0.2, 0.25) is 10.0 Å². The lowest BCUT2D eigenvalue weighted by Crippen LogP contribution is -2.37. The van der Waals surface area contributed by atoms with Gasteiger partial charge in [-0.05, 0) is 38.4 Å². The maximum Gasteiger partial charge on any atom is 0.253 e. The third kappa shape index (κ3) is 4.71. The Kier molecular flexibility index (Phi) is 4.84. The van der Waals surface area contributed by atoms with E-state index in [4.69, 9.17) is 0 Å². The molecule has 1 heterocycles. The summed E-state index contributed by atoms with van der Waals surface area (Å²) >= 11 is 0. The number of amides is 1. The number of benzene rings is 1. The molecule has 7 heteroatoms. The van der Waals surface area contributed by atoms with Gasteiger partial charge in [0.1, 0.15) is 0 Å². The second-order valence-corrected chi connectivity index (χ2v) is 7.18. The summed E-state index contributed by atoms with van der Waals surface area (Å²) in [4.78, 5) is 12.3. The summed E-state index contributed by atoms with van der Waals surface area (Å²) in [5.74, 6) is -0.265. The number of carbonyl (C=O) groups excluding carboxylic acids is 1. The van der Waals surface area contributed by atoms with Crippen molar-refractivity contribution in [1.29, 1.82) is 0 Å². The number of carbonyl (C=O) groups is 1. The third-order valence-corrected chi connectivity index (χ3v) is 3.98. The predicted molar refractivity (Wildman–Crippen MR) is 83.0 cm³/mol. The quantitative estimate of drug-likeness (QED) is 0.752. The Morgan fingerprint density at radius 3 is 2.81 bits per heavy atom. The number of aryl methyl sites for hydroxylation is 1. The molecule has 6 nitrogen and oxygen atoms in total. The Balaban J connectivity index is 2.12. The molecule has 0 saturated carbocycles. The minimum absolute atomic E-state index is 0.265. The van der Waals surface area contributed by atoms with Crippen LogP contribution < -0.4 is 15.4 Å². The van der Waals surface area contributed by atoms with E-state index in [-0.39, 0.29) is 5.91 Å². The van der Waals surface area contributed by atoms with Gasteiger partial charge in [0, 0.05) is 12.6 Å². The van der Waals surface area contributed by atoms with E-state index in [2.05, 4.69) is 15.4 Å². The zero-order valence-electron chi connectivity index (χ0n) is 12.3. The first kappa shape index (κ1) is 15.8. The Morgan fingerprint density at radius 2 is 2.19 bits per heavy atom. The summed E-state index contributed by atoms with van der Waals surface area (Å²) in [5.41, 5.74) is 1.55. The maximum absolute atomic E-state index is 12.3. The smallest absolute Gasteiger partial charge is 0.253 e. The molecule has 1 atom stereocenters. The average Bonchev–Trinajstić information content (AvgIpc) is 2.89. The molecule has 1 saturated heterocycles. The van der Waals surface area contributed by atoms with Crippen LogP contribution in [-0.4, -0.2) is 39.7 Å². The monoisotopic (exact) mass is 311 g/mol. The van der Waals surface area contributed by atoms with Gasteiger partial charge in [0.25, 0.3) is 5.91 Å². The number of hydrogen-bond donors (Lipinski definition) is 3. The first-order valence-corrected chi connectivity index (χ1v) is 8.84. The number of sulfonamides is 1. The summed E-state index contributed by atoms with van der Waals surface area (Å²) in [7, 11) is -3.42. The highest BCUT2D eigenvalue weighted by molar-refractivity contribution is 7.92. The number of rotatable bonds is 5. The molecule has 1 aromatic rings. The fourth-order valence-electron chi connectivity index (χ4n) is 2.38. The SMILES string of the molecule is Cc1ccc(NS(C)(=O)=O)c(C(=O)NCC2CCCN2)c1. The lowest BCUT2D eigenvalue weighted by Gasteiger charge is -2.14. The van der Waals surface area contributed by atoms with Crippen molar-refractivity contribution in [3.05, 3.63) is 29.3 Å². The standard InChI is InChI=1S/C14H21N3O3S/c1-10-5-6-13(17-21(2,19)20)12(8-10)14(18)16-9-11-4-3-7-15-11/h5-6,8,11,15,17H,3-4,7,9H2,1-2H3,(H,16,18). The van der Waals surface area contributed by atoms with Gasteiger partial charge in [0.05, 0.1) is 17.5 Å². The highest BCUT2D eigenvalue weighted by Crippen LogP contribution is 2.18. The molecule has 1 unspecified atom stereocenters. The van der Waals surface area contributed by atoms with Crippen LogP contribution in [0.1, 0.15) is 28.8 Å². The fraction of sp³-hybridized carbons (Fsp3) is 0.500. The maximum atomic E-state index is 12.3. The molecular formula is C14H21N3O3S. The van der Waals surface area contributed by atoms with Gasteiger partial charge in [-0.15, -0.1) is 0 Å². The summed E-state index contributed by atoms with van der Waals surface area (Å²) in [6.45, 7) is 3.39. The Hall–Kier alpha value is -1.60. The lowest BCUT2D eigenvalue weighted by atomic mass is 10.1. The van der Waals surface area contributed by atoms with Crippen molar-refractivity contribution in [2.24, 2.45) is 0 Å². The topological polar surface area (TPSA) is 87.3 Å². The largest absolute Gasteiger partial charge is 0.350 e. The van der Waals surface area contributed by atoms with E-state index in [9.17, 15) is 13.2 Å². The van der Waals surface area contributed by atoms with Crippen LogP contribution in [0.15, 0.2) is 18.2 Å². The van der Waals surface area contributed by atoms with Crippen LogP contribution in [0.5, 0.6) is 0 Å². The van der Waals surface area contributed by atoms with Crippen molar-refractivity contribution in [1.82, 2.24) is 10.6 Å². The molecule has 1 aliphatic heterocycles. The Bertz CT molecular complexity index is 622. The van der Waals surface area contributed by atoms with Crippen LogP contribution in [0.2, 0.25) is 0 Å². The van der Waals surface area contributed by atoms with E-state index < -0.39 is 10.0 Å². The van der Waals surface area contributed by atoms with Crippen LogP contribution in [0, 0.1) is 6.92 Å². The summed E-state index contributed by atoms with van der Waals surface area (Å²) < 4.78 is 25.1. The molecule has 3 N–H and O–H groups in total. The second kappa shape index (κ2) is 6.44. The number of nitrogens with one attached hydrogen (secondary N) is 3. The van der Waals surface area contributed by atoms with Gasteiger partial charge < -0.3 is 10.6 Å². The zero-order chi connectivity index (χ0) is 15.5. The number of anilines is 1. The van der Waals surface area contributed by atoms with E-state index in [1.165, 1.54) is 0 Å². The molecule has 1 fully saturated rings. The van der Waals surface area contributed by atoms with Crippen LogP contribution in [0.4, 0.5) is 5.69 Å². The van der Waals surface area contributed by atoms with Crippen LogP contribution in [0.25, 0.3) is 0 Å². The van der Waals surface area contributed by atoms with Crippen molar-refractivity contribution in [2.75, 3.05) is 24.1 Å². The van der Waals surface area contributed by atoms with Gasteiger partial charge in [-0.25, -0.2) is 8.42 Å². The molecule has 0 spiro atoms. The van der Waals surface area contributed by atoms with E-state index in [0.717, 1.165) is 31.2 Å². The minimum Gasteiger partial charge on any atom is -0.350 e. The molecule has 0 bridgehead atoms. The molecule has 0 aliphatic carbocycles. The van der Waals surface area contributed by atoms with E-state index in [1.807, 2.05) is 6.92 Å². The van der Waals surface area contributed by atoms with Crippen molar-refractivity contribution in [2.45, 2.75) is 25.8 Å². The summed E-state index contributed by atoms with van der Waals surface area (Å²) in [6.07, 6.45) is 3.23. The van der Waals surface area contributed by atoms with Gasteiger partial charge in [-0.3, -0.25) is 9.52 Å². The highest BCUT2D eigenvalue weighted by atomic mass is 32.2. The van der Waals surface area contributed by atoms with Gasteiger partial charge in [-0.2, -0.15) is 0 Å². The van der Waals surface area contributed by atoms with Crippen molar-refractivity contribution in [3.63, 3.8) is 0 Å². The molecule has 0 radical (unpaired) electrons.